The van der Waals surface area contributed by atoms with Gasteiger partial charge in [-0.3, -0.25) is 4.79 Å². The number of aliphatic hydroxyl groups is 1. The summed E-state index contributed by atoms with van der Waals surface area (Å²) >= 11 is 0. The third-order valence-electron chi connectivity index (χ3n) is 0.138. The van der Waals surface area contributed by atoms with E-state index in [1.165, 1.54) is 0 Å². The van der Waals surface area contributed by atoms with Gasteiger partial charge in [-0.1, -0.05) is 0 Å². The molecule has 0 bridgehead atoms. The Morgan fingerprint density at radius 2 is 1.75 bits per heavy atom. The number of aliphatic hydroxyl groups excluding tert-OH is 1. The highest BCUT2D eigenvalue weighted by Gasteiger charge is 1.92. The molecule has 0 radical (unpaired) electrons. The number of alkyl halides is 2. The maximum absolute atomic E-state index is 10.5. The second-order valence-electron chi connectivity index (χ2n) is 0.679. The van der Waals surface area contributed by atoms with Crippen molar-refractivity contribution in [2.75, 3.05) is 6.61 Å². The first-order chi connectivity index (χ1) is 3.68. The van der Waals surface area contributed by atoms with Gasteiger partial charge in [-0.2, -0.15) is 0 Å². The van der Waals surface area contributed by atoms with Crippen molar-refractivity contribution in [1.82, 2.24) is 0 Å². The normalized spacial score (nSPS) is 7.50. The topological polar surface area (TPSA) is 57.5 Å². The van der Waals surface area contributed by atoms with Crippen LogP contribution in [0, 0.1) is 0 Å². The molecule has 0 unspecified atom stereocenters. The van der Waals surface area contributed by atoms with Crippen molar-refractivity contribution in [3.63, 3.8) is 0 Å². The summed E-state index contributed by atoms with van der Waals surface area (Å²) in [6.45, 7) is -1.28. The predicted octanol–water partition coefficient (Wildman–Crippen LogP) is -0.0554. The Balaban J connectivity index is 0. The lowest BCUT2D eigenvalue weighted by atomic mass is 10.8. The molecule has 50 valence electrons. The molecule has 0 aromatic heterocycles. The quantitative estimate of drug-likeness (QED) is 0.486. The van der Waals surface area contributed by atoms with Crippen molar-refractivity contribution in [3.05, 3.63) is 0 Å². The van der Waals surface area contributed by atoms with Gasteiger partial charge >= 0.3 is 0 Å². The first kappa shape index (κ1) is 10.3. The molecule has 0 aliphatic rings. The van der Waals surface area contributed by atoms with E-state index in [0.29, 0.717) is 0 Å². The van der Waals surface area contributed by atoms with E-state index in [0.717, 1.165) is 0 Å². The number of rotatable bonds is 1. The number of carbonyl (C=O) groups is 1. The van der Waals surface area contributed by atoms with Gasteiger partial charge in [0.15, 0.2) is 0 Å². The van der Waals surface area contributed by atoms with Gasteiger partial charge in [0.25, 0.3) is 12.9 Å². The Hall–Kier alpha value is -0.710. The van der Waals surface area contributed by atoms with Gasteiger partial charge in [0.05, 0.1) is 0 Å². The molecule has 0 aliphatic heterocycles. The van der Waals surface area contributed by atoms with Crippen molar-refractivity contribution >= 4 is 6.47 Å². The van der Waals surface area contributed by atoms with Gasteiger partial charge in [0.1, 0.15) is 6.61 Å². The summed E-state index contributed by atoms with van der Waals surface area (Å²) < 4.78 is 21.0. The third kappa shape index (κ3) is 58.5. The van der Waals surface area contributed by atoms with E-state index < -0.39 is 13.0 Å². The zero-order valence-corrected chi connectivity index (χ0v) is 3.92. The van der Waals surface area contributed by atoms with Gasteiger partial charge < -0.3 is 10.2 Å². The van der Waals surface area contributed by atoms with Gasteiger partial charge in [-0.25, -0.2) is 8.78 Å². The Morgan fingerprint density at radius 3 is 1.75 bits per heavy atom. The minimum atomic E-state index is -2.56. The fraction of sp³-hybridized carbons (Fsp3) is 0.667. The van der Waals surface area contributed by atoms with Crippen LogP contribution in [0.2, 0.25) is 0 Å². The molecule has 0 saturated carbocycles. The summed E-state index contributed by atoms with van der Waals surface area (Å²) in [5.41, 5.74) is 0. The Bertz CT molecular complexity index is 47.8. The van der Waals surface area contributed by atoms with Gasteiger partial charge in [0.2, 0.25) is 0 Å². The molecule has 0 fully saturated rings. The average molecular weight is 128 g/mol. The first-order valence-electron chi connectivity index (χ1n) is 1.65. The van der Waals surface area contributed by atoms with Gasteiger partial charge in [-0.05, 0) is 0 Å². The van der Waals surface area contributed by atoms with Crippen LogP contribution in [-0.4, -0.2) is 29.7 Å². The van der Waals surface area contributed by atoms with Crippen LogP contribution in [0.4, 0.5) is 8.78 Å². The van der Waals surface area contributed by atoms with E-state index in [4.69, 9.17) is 15.0 Å². The standard InChI is InChI=1S/C2H4F2O.CH2O2/c3-2(4)1-5;2-1-3/h2,5H,1H2;1H,(H,2,3). The third-order valence-corrected chi connectivity index (χ3v) is 0.138. The monoisotopic (exact) mass is 128 g/mol. The molecule has 0 aliphatic carbocycles. The average Bonchev–Trinajstić information content (AvgIpc) is 1.69. The Morgan fingerprint density at radius 1 is 1.62 bits per heavy atom. The van der Waals surface area contributed by atoms with E-state index in [-0.39, 0.29) is 6.47 Å². The number of hydrogen-bond acceptors (Lipinski definition) is 2. The van der Waals surface area contributed by atoms with Crippen molar-refractivity contribution in [2.45, 2.75) is 6.43 Å². The molecule has 0 atom stereocenters. The van der Waals surface area contributed by atoms with Gasteiger partial charge in [-0.15, -0.1) is 0 Å². The maximum Gasteiger partial charge on any atom is 0.290 e. The van der Waals surface area contributed by atoms with Gasteiger partial charge in [0, 0.05) is 0 Å². The van der Waals surface area contributed by atoms with E-state index in [2.05, 4.69) is 0 Å². The predicted molar refractivity (Wildman–Crippen MR) is 21.8 cm³/mol. The molecule has 0 amide bonds. The van der Waals surface area contributed by atoms with E-state index in [1.807, 2.05) is 0 Å². The molecule has 0 aromatic rings. The van der Waals surface area contributed by atoms with E-state index in [1.54, 1.807) is 0 Å². The molecule has 0 saturated heterocycles. The lowest BCUT2D eigenvalue weighted by Crippen LogP contribution is -1.94. The largest absolute Gasteiger partial charge is 0.483 e. The van der Waals surface area contributed by atoms with Crippen LogP contribution in [0.3, 0.4) is 0 Å². The SMILES string of the molecule is O=CO.OCC(F)F. The lowest BCUT2D eigenvalue weighted by molar-refractivity contribution is -0.122. The van der Waals surface area contributed by atoms with E-state index in [9.17, 15) is 8.78 Å². The molecule has 0 heterocycles. The molecular weight excluding hydrogens is 122 g/mol. The smallest absolute Gasteiger partial charge is 0.290 e. The van der Waals surface area contributed by atoms with Crippen molar-refractivity contribution in [3.8, 4) is 0 Å². The summed E-state index contributed by atoms with van der Waals surface area (Å²) in [7, 11) is 0. The molecular formula is C3H6F2O3. The highest BCUT2D eigenvalue weighted by molar-refractivity contribution is 5.32. The van der Waals surface area contributed by atoms with Crippen LogP contribution in [-0.2, 0) is 4.79 Å². The Kier molecular flexibility index (Phi) is 12.3. The van der Waals surface area contributed by atoms with Crippen molar-refractivity contribution in [2.24, 2.45) is 0 Å². The fourth-order valence-electron chi connectivity index (χ4n) is 0. The second-order valence-corrected chi connectivity index (χ2v) is 0.679. The summed E-state index contributed by atoms with van der Waals surface area (Å²) in [6.07, 6.45) is -2.56. The molecule has 0 spiro atoms. The molecule has 2 N–H and O–H groups in total. The molecule has 0 rings (SSSR count). The highest BCUT2D eigenvalue weighted by Crippen LogP contribution is 1.84. The minimum Gasteiger partial charge on any atom is -0.483 e. The zero-order valence-electron chi connectivity index (χ0n) is 3.92. The van der Waals surface area contributed by atoms with Crippen LogP contribution in [0.1, 0.15) is 0 Å². The molecule has 0 aromatic carbocycles. The highest BCUT2D eigenvalue weighted by atomic mass is 19.3. The minimum absolute atomic E-state index is 0.250. The number of halogens is 2. The summed E-state index contributed by atoms with van der Waals surface area (Å²) in [5, 5.41) is 14.3. The van der Waals surface area contributed by atoms with Crippen LogP contribution >= 0.6 is 0 Å². The molecule has 3 nitrogen and oxygen atoms in total. The molecule has 5 heteroatoms. The van der Waals surface area contributed by atoms with Crippen LogP contribution < -0.4 is 0 Å². The fourth-order valence-corrected chi connectivity index (χ4v) is 0. The zero-order chi connectivity index (χ0) is 6.99. The second kappa shape index (κ2) is 9.56. The maximum atomic E-state index is 10.5. The number of carboxylic acid groups (broad SMARTS) is 1. The van der Waals surface area contributed by atoms with Crippen LogP contribution in [0.15, 0.2) is 0 Å². The number of hydrogen-bond donors (Lipinski definition) is 2. The van der Waals surface area contributed by atoms with Crippen LogP contribution in [0.5, 0.6) is 0 Å². The van der Waals surface area contributed by atoms with E-state index >= 15 is 0 Å². The Labute approximate surface area is 44.6 Å². The summed E-state index contributed by atoms with van der Waals surface area (Å²) in [6, 6.07) is 0. The first-order valence-corrected chi connectivity index (χ1v) is 1.65. The van der Waals surface area contributed by atoms with Crippen molar-refractivity contribution in [1.29, 1.82) is 0 Å². The summed E-state index contributed by atoms with van der Waals surface area (Å²) in [5.74, 6) is 0. The van der Waals surface area contributed by atoms with Crippen molar-refractivity contribution < 1.29 is 23.8 Å². The lowest BCUT2D eigenvalue weighted by Gasteiger charge is -1.81. The molecule has 8 heavy (non-hydrogen) atoms. The summed E-state index contributed by atoms with van der Waals surface area (Å²) in [4.78, 5) is 8.36. The van der Waals surface area contributed by atoms with Crippen LogP contribution in [0.25, 0.3) is 0 Å².